The molecular weight excluding hydrogens is 412 g/mol. The zero-order valence-corrected chi connectivity index (χ0v) is 18.6. The number of nitrogens with zero attached hydrogens (tertiary/aromatic N) is 2. The Morgan fingerprint density at radius 1 is 1.13 bits per heavy atom. The number of aromatic nitrogens is 3. The number of carbonyl (C=O) groups excluding carboxylic acids is 1. The zero-order chi connectivity index (χ0) is 22.0. The van der Waals surface area contributed by atoms with Gasteiger partial charge in [0.15, 0.2) is 0 Å². The molecule has 4 rings (SSSR count). The molecular formula is C24H27ClN4O2. The average molecular weight is 439 g/mol. The third-order valence-corrected chi connectivity index (χ3v) is 6.56. The normalized spacial score (nSPS) is 15.6. The maximum Gasteiger partial charge on any atom is 0.348 e. The number of rotatable bonds is 5. The van der Waals surface area contributed by atoms with Crippen molar-refractivity contribution in [2.24, 2.45) is 0 Å². The summed E-state index contributed by atoms with van der Waals surface area (Å²) in [5, 5.41) is 7.63. The molecule has 1 saturated carbocycles. The van der Waals surface area contributed by atoms with Crippen molar-refractivity contribution < 1.29 is 4.79 Å². The summed E-state index contributed by atoms with van der Waals surface area (Å²) in [5.74, 6) is 0.257. The number of halogens is 1. The molecule has 0 bridgehead atoms. The zero-order valence-electron chi connectivity index (χ0n) is 17.9. The topological polar surface area (TPSA) is 79.8 Å². The van der Waals surface area contributed by atoms with Crippen LogP contribution in [-0.4, -0.2) is 27.2 Å². The van der Waals surface area contributed by atoms with Crippen LogP contribution < -0.4 is 11.0 Å². The minimum atomic E-state index is -0.355. The molecule has 0 aliphatic heterocycles. The van der Waals surface area contributed by atoms with E-state index in [1.807, 2.05) is 0 Å². The van der Waals surface area contributed by atoms with E-state index in [1.54, 1.807) is 25.1 Å². The van der Waals surface area contributed by atoms with Crippen molar-refractivity contribution >= 4 is 17.5 Å². The van der Waals surface area contributed by atoms with Gasteiger partial charge in [0, 0.05) is 12.0 Å². The molecule has 1 heterocycles. The quantitative estimate of drug-likeness (QED) is 0.617. The molecule has 0 atom stereocenters. The van der Waals surface area contributed by atoms with Gasteiger partial charge in [0.1, 0.15) is 5.82 Å². The Balaban J connectivity index is 1.58. The van der Waals surface area contributed by atoms with Crippen LogP contribution in [-0.2, 0) is 5.41 Å². The fourth-order valence-corrected chi connectivity index (χ4v) is 4.67. The van der Waals surface area contributed by atoms with Crippen molar-refractivity contribution in [3.63, 3.8) is 0 Å². The van der Waals surface area contributed by atoms with Crippen LogP contribution in [0.15, 0.2) is 47.3 Å². The molecule has 0 saturated heterocycles. The molecule has 0 radical (unpaired) electrons. The maximum absolute atomic E-state index is 13.1. The largest absolute Gasteiger partial charge is 0.351 e. The van der Waals surface area contributed by atoms with Crippen LogP contribution >= 0.6 is 11.6 Å². The standard InChI is InChI=1S/C24H27ClN4O2/c1-16-6-8-18(9-7-16)24(12-4-3-5-13-24)15-26-22(30)20-14-19(10-11-21(20)25)29-23(31)27-17(2)28-29/h6-11,14H,3-5,12-13,15H2,1-2H3,(H,26,30)(H,27,28,31). The van der Waals surface area contributed by atoms with Crippen LogP contribution in [0.2, 0.25) is 5.02 Å². The van der Waals surface area contributed by atoms with E-state index >= 15 is 0 Å². The van der Waals surface area contributed by atoms with Crippen molar-refractivity contribution in [2.45, 2.75) is 51.4 Å². The summed E-state index contributed by atoms with van der Waals surface area (Å²) in [5.41, 5.74) is 2.91. The first-order valence-electron chi connectivity index (χ1n) is 10.7. The lowest BCUT2D eigenvalue weighted by molar-refractivity contribution is 0.0936. The van der Waals surface area contributed by atoms with Crippen molar-refractivity contribution in [1.82, 2.24) is 20.1 Å². The summed E-state index contributed by atoms with van der Waals surface area (Å²) in [6.07, 6.45) is 5.63. The summed E-state index contributed by atoms with van der Waals surface area (Å²) in [7, 11) is 0. The number of aryl methyl sites for hydroxylation is 2. The summed E-state index contributed by atoms with van der Waals surface area (Å²) in [6, 6.07) is 13.6. The molecule has 1 amide bonds. The highest BCUT2D eigenvalue weighted by atomic mass is 35.5. The molecule has 0 unspecified atom stereocenters. The Morgan fingerprint density at radius 2 is 1.84 bits per heavy atom. The molecule has 0 spiro atoms. The highest BCUT2D eigenvalue weighted by Crippen LogP contribution is 2.39. The minimum Gasteiger partial charge on any atom is -0.351 e. The summed E-state index contributed by atoms with van der Waals surface area (Å²) in [6.45, 7) is 4.34. The lowest BCUT2D eigenvalue weighted by Gasteiger charge is -2.38. The molecule has 31 heavy (non-hydrogen) atoms. The van der Waals surface area contributed by atoms with E-state index in [-0.39, 0.29) is 17.0 Å². The lowest BCUT2D eigenvalue weighted by atomic mass is 9.69. The number of nitrogens with one attached hydrogen (secondary N) is 2. The summed E-state index contributed by atoms with van der Waals surface area (Å²) < 4.78 is 1.23. The minimum absolute atomic E-state index is 0.0675. The highest BCUT2D eigenvalue weighted by molar-refractivity contribution is 6.33. The predicted molar refractivity (Wildman–Crippen MR) is 122 cm³/mol. The predicted octanol–water partition coefficient (Wildman–Crippen LogP) is 4.46. The van der Waals surface area contributed by atoms with E-state index in [1.165, 1.54) is 22.2 Å². The Bertz CT molecular complexity index is 1140. The third-order valence-electron chi connectivity index (χ3n) is 6.23. The van der Waals surface area contributed by atoms with Crippen LogP contribution in [0.4, 0.5) is 0 Å². The van der Waals surface area contributed by atoms with Gasteiger partial charge in [-0.25, -0.2) is 4.79 Å². The van der Waals surface area contributed by atoms with Gasteiger partial charge in [0.05, 0.1) is 16.3 Å². The highest BCUT2D eigenvalue weighted by Gasteiger charge is 2.34. The molecule has 162 valence electrons. The smallest absolute Gasteiger partial charge is 0.348 e. The Morgan fingerprint density at radius 3 is 2.48 bits per heavy atom. The van der Waals surface area contributed by atoms with Gasteiger partial charge in [-0.3, -0.25) is 9.78 Å². The van der Waals surface area contributed by atoms with E-state index in [9.17, 15) is 9.59 Å². The van der Waals surface area contributed by atoms with E-state index < -0.39 is 0 Å². The average Bonchev–Trinajstić information content (AvgIpc) is 3.11. The van der Waals surface area contributed by atoms with Crippen molar-refractivity contribution in [3.05, 3.63) is 80.5 Å². The SMILES string of the molecule is Cc1ccc(C2(CNC(=O)c3cc(-n4nc(C)[nH]c4=O)ccc3Cl)CCCCC2)cc1. The number of amides is 1. The van der Waals surface area contributed by atoms with E-state index in [0.29, 0.717) is 28.6 Å². The maximum atomic E-state index is 13.1. The first-order valence-corrected chi connectivity index (χ1v) is 11.1. The monoisotopic (exact) mass is 438 g/mol. The molecule has 1 fully saturated rings. The number of hydrogen-bond donors (Lipinski definition) is 2. The van der Waals surface area contributed by atoms with Crippen LogP contribution in [0.25, 0.3) is 5.69 Å². The first kappa shape index (κ1) is 21.4. The van der Waals surface area contributed by atoms with Gasteiger partial charge in [0.25, 0.3) is 5.91 Å². The Kier molecular flexibility index (Phi) is 6.01. The van der Waals surface area contributed by atoms with Gasteiger partial charge in [-0.15, -0.1) is 0 Å². The number of carbonyl (C=O) groups is 1. The molecule has 7 heteroatoms. The second-order valence-corrected chi connectivity index (χ2v) is 8.89. The molecule has 2 aromatic carbocycles. The molecule has 1 aliphatic carbocycles. The third kappa shape index (κ3) is 4.44. The number of benzene rings is 2. The van der Waals surface area contributed by atoms with Crippen molar-refractivity contribution in [3.8, 4) is 5.69 Å². The Hall–Kier alpha value is -2.86. The van der Waals surface area contributed by atoms with Gasteiger partial charge >= 0.3 is 5.69 Å². The van der Waals surface area contributed by atoms with Crippen LogP contribution in [0.1, 0.15) is 59.4 Å². The van der Waals surface area contributed by atoms with E-state index in [2.05, 4.69) is 46.6 Å². The molecule has 6 nitrogen and oxygen atoms in total. The van der Waals surface area contributed by atoms with Crippen molar-refractivity contribution in [2.75, 3.05) is 6.54 Å². The lowest BCUT2D eigenvalue weighted by Crippen LogP contribution is -2.42. The fraction of sp³-hybridized carbons (Fsp3) is 0.375. The summed E-state index contributed by atoms with van der Waals surface area (Å²) >= 11 is 6.34. The molecule has 1 aliphatic rings. The Labute approximate surface area is 186 Å². The first-order chi connectivity index (χ1) is 14.9. The summed E-state index contributed by atoms with van der Waals surface area (Å²) in [4.78, 5) is 27.8. The van der Waals surface area contributed by atoms with Gasteiger partial charge in [-0.2, -0.15) is 9.78 Å². The van der Waals surface area contributed by atoms with Gasteiger partial charge in [-0.05, 0) is 50.5 Å². The van der Waals surface area contributed by atoms with Gasteiger partial charge < -0.3 is 5.32 Å². The van der Waals surface area contributed by atoms with Crippen LogP contribution in [0.3, 0.4) is 0 Å². The second kappa shape index (κ2) is 8.71. The second-order valence-electron chi connectivity index (χ2n) is 8.48. The van der Waals surface area contributed by atoms with Gasteiger partial charge in [0.2, 0.25) is 0 Å². The number of aromatic amines is 1. The number of H-pyrrole nitrogens is 1. The van der Waals surface area contributed by atoms with Crippen LogP contribution in [0.5, 0.6) is 0 Å². The fourth-order valence-electron chi connectivity index (χ4n) is 4.47. The molecule has 3 aromatic rings. The van der Waals surface area contributed by atoms with Crippen LogP contribution in [0, 0.1) is 13.8 Å². The van der Waals surface area contributed by atoms with Crippen molar-refractivity contribution in [1.29, 1.82) is 0 Å². The van der Waals surface area contributed by atoms with E-state index in [0.717, 1.165) is 25.7 Å². The number of hydrogen-bond acceptors (Lipinski definition) is 3. The molecule has 1 aromatic heterocycles. The van der Waals surface area contributed by atoms with Gasteiger partial charge in [-0.1, -0.05) is 60.7 Å². The van der Waals surface area contributed by atoms with E-state index in [4.69, 9.17) is 11.6 Å². The molecule has 2 N–H and O–H groups in total.